The zero-order valence-corrected chi connectivity index (χ0v) is 33.9. The van der Waals surface area contributed by atoms with Crippen molar-refractivity contribution in [3.8, 4) is 11.5 Å². The molecule has 0 spiro atoms. The summed E-state index contributed by atoms with van der Waals surface area (Å²) in [6.07, 6.45) is 17.6. The Morgan fingerprint density at radius 3 is 2.18 bits per heavy atom. The van der Waals surface area contributed by atoms with E-state index in [9.17, 15) is 14.7 Å². The van der Waals surface area contributed by atoms with Gasteiger partial charge in [-0.3, -0.25) is 9.59 Å². The van der Waals surface area contributed by atoms with E-state index >= 15 is 0 Å². The number of rotatable bonds is 24. The van der Waals surface area contributed by atoms with Crippen LogP contribution >= 0.6 is 0 Å². The maximum atomic E-state index is 13.0. The van der Waals surface area contributed by atoms with Crippen LogP contribution in [-0.2, 0) is 41.7 Å². The Balaban J connectivity index is 1.13. The van der Waals surface area contributed by atoms with Crippen molar-refractivity contribution in [3.05, 3.63) is 160 Å². The molecule has 1 unspecified atom stereocenters. The van der Waals surface area contributed by atoms with Gasteiger partial charge in [0.05, 0.1) is 19.7 Å². The number of unbranched alkanes of at least 4 members (excludes halogenated alkanes) is 2. The number of ketones is 2. The van der Waals surface area contributed by atoms with Gasteiger partial charge in [-0.05, 0) is 146 Å². The highest BCUT2D eigenvalue weighted by molar-refractivity contribution is 6.06. The molecule has 1 aliphatic heterocycles. The monoisotopic (exact) mass is 767 g/mol. The minimum atomic E-state index is -0.292. The van der Waals surface area contributed by atoms with Gasteiger partial charge in [0.25, 0.3) is 0 Å². The fourth-order valence-electron chi connectivity index (χ4n) is 7.64. The van der Waals surface area contributed by atoms with Crippen molar-refractivity contribution in [1.29, 1.82) is 0 Å². The number of nitrogens with one attached hydrogen (secondary N) is 2. The lowest BCUT2D eigenvalue weighted by Crippen LogP contribution is -2.35. The van der Waals surface area contributed by atoms with Crippen LogP contribution in [0.2, 0.25) is 0 Å². The number of phenols is 1. The molecule has 0 aromatic heterocycles. The molecule has 0 saturated carbocycles. The fraction of sp³-hybridized carbons (Fsp3) is 0.360. The van der Waals surface area contributed by atoms with Gasteiger partial charge in [-0.15, -0.1) is 0 Å². The number of carbonyl (C=O) groups is 2. The Morgan fingerprint density at radius 1 is 0.807 bits per heavy atom. The predicted octanol–water partition coefficient (Wildman–Crippen LogP) is 9.02. The molecule has 5 rings (SSSR count). The van der Waals surface area contributed by atoms with E-state index in [1.54, 1.807) is 18.2 Å². The molecule has 57 heavy (non-hydrogen) atoms. The molecule has 1 heterocycles. The van der Waals surface area contributed by atoms with Gasteiger partial charge in [-0.25, -0.2) is 0 Å². The van der Waals surface area contributed by atoms with Gasteiger partial charge in [-0.1, -0.05) is 104 Å². The van der Waals surface area contributed by atoms with Crippen molar-refractivity contribution in [1.82, 2.24) is 10.6 Å². The third-order valence-electron chi connectivity index (χ3n) is 10.8. The second-order valence-corrected chi connectivity index (χ2v) is 15.3. The molecular formula is C50H61N3O4. The molecular weight excluding hydrogens is 707 g/mol. The Hall–Kier alpha value is -5.24. The van der Waals surface area contributed by atoms with E-state index in [1.807, 2.05) is 19.3 Å². The number of phenolic OH excluding ortho intramolecular Hbond substituents is 1. The molecule has 0 saturated heterocycles. The number of Topliss-reactive ketones (excluding diaryl/α,β-unsaturated/α-hetero) is 1. The van der Waals surface area contributed by atoms with Crippen LogP contribution in [0.5, 0.6) is 11.5 Å². The Labute approximate surface area is 340 Å². The first-order chi connectivity index (χ1) is 27.8. The van der Waals surface area contributed by atoms with Crippen LogP contribution in [0.3, 0.4) is 0 Å². The molecule has 4 aromatic carbocycles. The normalized spacial score (nSPS) is 14.5. The minimum Gasteiger partial charge on any atom is -0.504 e. The number of hydrogen-bond acceptors (Lipinski definition) is 7. The van der Waals surface area contributed by atoms with E-state index in [4.69, 9.17) is 10.5 Å². The molecule has 1 aliphatic rings. The highest BCUT2D eigenvalue weighted by Crippen LogP contribution is 2.33. The number of ether oxygens (including phenoxy) is 1. The second-order valence-electron chi connectivity index (χ2n) is 15.3. The van der Waals surface area contributed by atoms with Gasteiger partial charge in [0, 0.05) is 12.6 Å². The standard InChI is InChI=1S/C50H61N3O4/c1-52-35-41(24-22-38-15-8-4-9-16-38)17-10-5-11-20-46(54)34-47(55)28-27-42-32-49(57-2)48(56)31-44(42)30-45-36-53-50(51)33-43(45)26-25-40-19-12-18-39(29-40)23-21-37-13-6-3-7-14-37/h3-4,6-9,12-16,18-19,27-29,31-33,36,41,50,52-53,56H,5,10-11,17,20-26,30,34-35,51H2,1-2H3/b28-27+/t41-,50?/m1/s1. The number of aryl methyl sites for hydroxylation is 4. The zero-order chi connectivity index (χ0) is 40.2. The first-order valence-corrected chi connectivity index (χ1v) is 20.6. The van der Waals surface area contributed by atoms with Crippen molar-refractivity contribution in [2.45, 2.75) is 89.6 Å². The van der Waals surface area contributed by atoms with Crippen LogP contribution in [0.4, 0.5) is 0 Å². The maximum Gasteiger partial charge on any atom is 0.163 e. The predicted molar refractivity (Wildman–Crippen MR) is 233 cm³/mol. The molecule has 2 atom stereocenters. The SMILES string of the molecule is CNC[C@H](CCCCCC(=O)CC(=O)/C=C/c1cc(OC)c(O)cc1CC1=CNC(N)C=C1CCc1cccc(CCc2ccccc2)c1)CCc1ccccc1. The maximum absolute atomic E-state index is 13.0. The Bertz CT molecular complexity index is 1970. The van der Waals surface area contributed by atoms with E-state index in [2.05, 4.69) is 95.6 Å². The van der Waals surface area contributed by atoms with Crippen LogP contribution in [0, 0.1) is 5.92 Å². The lowest BCUT2D eigenvalue weighted by molar-refractivity contribution is -0.124. The van der Waals surface area contributed by atoms with Crippen molar-refractivity contribution in [2.75, 3.05) is 20.7 Å². The number of hydrogen-bond donors (Lipinski definition) is 4. The lowest BCUT2D eigenvalue weighted by atomic mass is 9.89. The van der Waals surface area contributed by atoms with Gasteiger partial charge in [-0.2, -0.15) is 0 Å². The zero-order valence-electron chi connectivity index (χ0n) is 33.9. The number of allylic oxidation sites excluding steroid dienone is 3. The topological polar surface area (TPSA) is 114 Å². The summed E-state index contributed by atoms with van der Waals surface area (Å²) < 4.78 is 5.42. The van der Waals surface area contributed by atoms with Crippen molar-refractivity contribution >= 4 is 17.6 Å². The highest BCUT2D eigenvalue weighted by Gasteiger charge is 2.18. The summed E-state index contributed by atoms with van der Waals surface area (Å²) in [5.74, 6) is 0.683. The van der Waals surface area contributed by atoms with Crippen LogP contribution in [0.25, 0.3) is 6.08 Å². The van der Waals surface area contributed by atoms with Gasteiger partial charge < -0.3 is 26.2 Å². The van der Waals surface area contributed by atoms with Crippen molar-refractivity contribution in [2.24, 2.45) is 11.7 Å². The van der Waals surface area contributed by atoms with Gasteiger partial charge >= 0.3 is 0 Å². The molecule has 0 amide bonds. The summed E-state index contributed by atoms with van der Waals surface area (Å²) in [6.45, 7) is 0.993. The number of benzene rings is 4. The van der Waals surface area contributed by atoms with E-state index in [0.717, 1.165) is 93.0 Å². The summed E-state index contributed by atoms with van der Waals surface area (Å²) in [4.78, 5) is 25.8. The third-order valence-corrected chi connectivity index (χ3v) is 10.8. The average molecular weight is 768 g/mol. The number of methoxy groups -OCH3 is 1. The molecule has 7 heteroatoms. The lowest BCUT2D eigenvalue weighted by Gasteiger charge is -2.22. The number of dihydropyridines is 1. The van der Waals surface area contributed by atoms with E-state index in [-0.39, 0.29) is 29.9 Å². The van der Waals surface area contributed by atoms with Crippen molar-refractivity contribution in [3.63, 3.8) is 0 Å². The number of carbonyl (C=O) groups excluding carboxylic acids is 2. The minimum absolute atomic E-state index is 0.0264. The van der Waals surface area contributed by atoms with Crippen LogP contribution in [-0.4, -0.2) is 43.5 Å². The molecule has 0 bridgehead atoms. The summed E-state index contributed by atoms with van der Waals surface area (Å²) in [7, 11) is 3.51. The number of aromatic hydroxyl groups is 1. The molecule has 0 aliphatic carbocycles. The average Bonchev–Trinajstić information content (AvgIpc) is 3.22. The van der Waals surface area contributed by atoms with Crippen molar-refractivity contribution < 1.29 is 19.4 Å². The summed E-state index contributed by atoms with van der Waals surface area (Å²) in [5, 5.41) is 17.3. The van der Waals surface area contributed by atoms with Gasteiger partial charge in [0.15, 0.2) is 17.3 Å². The quantitative estimate of drug-likeness (QED) is 0.0320. The van der Waals surface area contributed by atoms with E-state index in [1.165, 1.54) is 35.4 Å². The first kappa shape index (κ1) is 42.9. The van der Waals surface area contributed by atoms with Crippen LogP contribution < -0.4 is 21.1 Å². The smallest absolute Gasteiger partial charge is 0.163 e. The Morgan fingerprint density at radius 2 is 1.47 bits per heavy atom. The van der Waals surface area contributed by atoms with E-state index < -0.39 is 0 Å². The highest BCUT2D eigenvalue weighted by atomic mass is 16.5. The van der Waals surface area contributed by atoms with E-state index in [0.29, 0.717) is 24.5 Å². The summed E-state index contributed by atoms with van der Waals surface area (Å²) in [6, 6.07) is 33.4. The molecule has 5 N–H and O–H groups in total. The Kier molecular flexibility index (Phi) is 17.4. The van der Waals surface area contributed by atoms with Crippen LogP contribution in [0.15, 0.2) is 127 Å². The fourth-order valence-corrected chi connectivity index (χ4v) is 7.64. The van der Waals surface area contributed by atoms with Gasteiger partial charge in [0.1, 0.15) is 5.78 Å². The molecule has 300 valence electrons. The summed E-state index contributed by atoms with van der Waals surface area (Å²) >= 11 is 0. The molecule has 0 radical (unpaired) electrons. The molecule has 0 fully saturated rings. The second kappa shape index (κ2) is 23.1. The molecule has 4 aromatic rings. The number of nitrogens with two attached hydrogens (primary N) is 1. The van der Waals surface area contributed by atoms with Crippen LogP contribution in [0.1, 0.15) is 84.7 Å². The summed E-state index contributed by atoms with van der Waals surface area (Å²) in [5.41, 5.74) is 15.4. The third kappa shape index (κ3) is 14.7. The van der Waals surface area contributed by atoms with Gasteiger partial charge in [0.2, 0.25) is 0 Å². The largest absolute Gasteiger partial charge is 0.504 e. The first-order valence-electron chi connectivity index (χ1n) is 20.6. The molecule has 7 nitrogen and oxygen atoms in total.